The van der Waals surface area contributed by atoms with Crippen molar-refractivity contribution in [2.24, 2.45) is 0 Å². The Labute approximate surface area is 180 Å². The molecule has 0 bridgehead atoms. The molecule has 0 aliphatic carbocycles. The number of carboxylic acids is 2. The van der Waals surface area contributed by atoms with Gasteiger partial charge in [-0.2, -0.15) is 0 Å². The van der Waals surface area contributed by atoms with Gasteiger partial charge in [-0.3, -0.25) is 0 Å². The molecule has 144 valence electrons. The van der Waals surface area contributed by atoms with E-state index in [1.165, 1.54) is 0 Å². The van der Waals surface area contributed by atoms with Crippen molar-refractivity contribution in [3.8, 4) is 0 Å². The summed E-state index contributed by atoms with van der Waals surface area (Å²) in [6.07, 6.45) is 1.12. The Kier molecular flexibility index (Phi) is 8.16. The number of benzene rings is 2. The van der Waals surface area contributed by atoms with E-state index in [1.54, 1.807) is 0 Å². The first-order chi connectivity index (χ1) is 13.5. The van der Waals surface area contributed by atoms with Crippen LogP contribution in [-0.2, 0) is 41.9 Å². The van der Waals surface area contributed by atoms with Crippen LogP contribution in [0.1, 0.15) is 24.2 Å². The molecule has 7 heteroatoms. The van der Waals surface area contributed by atoms with E-state index < -0.39 is 11.9 Å². The number of aryl methyl sites for hydroxylation is 2. The van der Waals surface area contributed by atoms with E-state index in [1.807, 2.05) is 60.7 Å². The van der Waals surface area contributed by atoms with Crippen molar-refractivity contribution in [2.75, 3.05) is 0 Å². The molecule has 0 unspecified atom stereocenters. The van der Waals surface area contributed by atoms with Gasteiger partial charge in [-0.25, -0.2) is 0 Å². The van der Waals surface area contributed by atoms with Crippen LogP contribution in [0.4, 0.5) is 0 Å². The number of aromatic nitrogens is 2. The predicted octanol–water partition coefficient (Wildman–Crippen LogP) is 1.70. The molecular weight excluding hydrogens is 422 g/mol. The van der Waals surface area contributed by atoms with Crippen LogP contribution in [0.15, 0.2) is 60.7 Å². The molecule has 0 saturated carbocycles. The van der Waals surface area contributed by atoms with Crippen LogP contribution >= 0.6 is 0 Å². The summed E-state index contributed by atoms with van der Waals surface area (Å²) in [6.45, 7) is 0. The van der Waals surface area contributed by atoms with Crippen LogP contribution in [-0.4, -0.2) is 21.9 Å². The molecule has 0 fully saturated rings. The smallest absolute Gasteiger partial charge is 0.550 e. The number of nitrogens with one attached hydrogen (secondary N) is 2. The van der Waals surface area contributed by atoms with Crippen LogP contribution in [0, 0.1) is 0 Å². The van der Waals surface area contributed by atoms with Crippen molar-refractivity contribution in [2.45, 2.75) is 25.7 Å². The van der Waals surface area contributed by atoms with E-state index in [-0.39, 0.29) is 32.3 Å². The van der Waals surface area contributed by atoms with Crippen molar-refractivity contribution in [1.29, 1.82) is 0 Å². The number of hydrogen-bond donors (Lipinski definition) is 2. The average molecular weight is 442 g/mol. The fourth-order valence-electron chi connectivity index (χ4n) is 3.01. The number of para-hydroxylation sites is 2. The van der Waals surface area contributed by atoms with Crippen LogP contribution in [0.5, 0.6) is 0 Å². The first kappa shape index (κ1) is 22.4. The number of aliphatic carboxylic acids is 2. The molecular formula is C22H20N2O4Zn. The second-order valence-electron chi connectivity index (χ2n) is 6.51. The van der Waals surface area contributed by atoms with E-state index in [0.717, 1.165) is 33.2 Å². The molecule has 4 rings (SSSR count). The summed E-state index contributed by atoms with van der Waals surface area (Å²) in [7, 11) is 0. The Morgan fingerprint density at radius 1 is 0.690 bits per heavy atom. The number of aromatic amines is 2. The third kappa shape index (κ3) is 6.58. The van der Waals surface area contributed by atoms with Gasteiger partial charge < -0.3 is 29.8 Å². The van der Waals surface area contributed by atoms with Gasteiger partial charge in [0.05, 0.1) is 0 Å². The van der Waals surface area contributed by atoms with E-state index in [4.69, 9.17) is 0 Å². The molecule has 0 aliphatic rings. The van der Waals surface area contributed by atoms with Gasteiger partial charge in [0.1, 0.15) is 0 Å². The number of carbonyl (C=O) groups is 2. The number of fused-ring (bicyclic) bond motifs is 2. The summed E-state index contributed by atoms with van der Waals surface area (Å²) >= 11 is 0. The zero-order valence-corrected chi connectivity index (χ0v) is 18.9. The maximum Gasteiger partial charge on any atom is 2.00 e. The monoisotopic (exact) mass is 440 g/mol. The standard InChI is InChI=1S/2C11H11NO2.Zn/c2*13-11(14)6-5-9-7-8-3-1-2-4-10(8)12-9;/h2*1-4,7,12H,5-6H2,(H,13,14);/q;;+2/p-2. The normalized spacial score (nSPS) is 10.2. The number of rotatable bonds is 6. The van der Waals surface area contributed by atoms with Crippen molar-refractivity contribution >= 4 is 33.7 Å². The largest absolute Gasteiger partial charge is 2.00 e. The van der Waals surface area contributed by atoms with Crippen LogP contribution in [0.3, 0.4) is 0 Å². The van der Waals surface area contributed by atoms with Gasteiger partial charge in [0.25, 0.3) is 0 Å². The predicted molar refractivity (Wildman–Crippen MR) is 103 cm³/mol. The van der Waals surface area contributed by atoms with Crippen molar-refractivity contribution < 1.29 is 39.3 Å². The van der Waals surface area contributed by atoms with Gasteiger partial charge >= 0.3 is 19.5 Å². The van der Waals surface area contributed by atoms with Crippen molar-refractivity contribution in [3.05, 3.63) is 72.1 Å². The molecule has 2 N–H and O–H groups in total. The van der Waals surface area contributed by atoms with Crippen LogP contribution in [0.25, 0.3) is 21.8 Å². The van der Waals surface area contributed by atoms with Crippen LogP contribution in [0.2, 0.25) is 0 Å². The van der Waals surface area contributed by atoms with E-state index >= 15 is 0 Å². The van der Waals surface area contributed by atoms with Crippen molar-refractivity contribution in [3.63, 3.8) is 0 Å². The summed E-state index contributed by atoms with van der Waals surface area (Å²) in [5, 5.41) is 22.7. The maximum absolute atomic E-state index is 10.3. The molecule has 0 atom stereocenters. The van der Waals surface area contributed by atoms with Gasteiger partial charge in [-0.15, -0.1) is 0 Å². The van der Waals surface area contributed by atoms with Gasteiger partial charge in [0.2, 0.25) is 0 Å². The minimum absolute atomic E-state index is 0. The molecule has 4 aromatic rings. The molecule has 0 amide bonds. The summed E-state index contributed by atoms with van der Waals surface area (Å²) in [5.41, 5.74) is 3.97. The number of H-pyrrole nitrogens is 2. The third-order valence-corrected chi connectivity index (χ3v) is 4.37. The zero-order valence-electron chi connectivity index (χ0n) is 15.9. The fraction of sp³-hybridized carbons (Fsp3) is 0.182. The average Bonchev–Trinajstić information content (AvgIpc) is 3.28. The summed E-state index contributed by atoms with van der Waals surface area (Å²) in [5.74, 6) is -2.02. The van der Waals surface area contributed by atoms with Gasteiger partial charge in [0, 0.05) is 34.4 Å². The number of carboxylic acid groups (broad SMARTS) is 2. The molecule has 0 aliphatic heterocycles. The van der Waals surface area contributed by atoms with Gasteiger partial charge in [0.15, 0.2) is 0 Å². The molecule has 0 radical (unpaired) electrons. The minimum atomic E-state index is -1.01. The first-order valence-electron chi connectivity index (χ1n) is 9.04. The van der Waals surface area contributed by atoms with Crippen LogP contribution < -0.4 is 10.2 Å². The Morgan fingerprint density at radius 2 is 1.07 bits per heavy atom. The Bertz CT molecular complexity index is 946. The molecule has 2 aromatic heterocycles. The minimum Gasteiger partial charge on any atom is -0.550 e. The first-order valence-corrected chi connectivity index (χ1v) is 9.04. The summed E-state index contributed by atoms with van der Waals surface area (Å²) < 4.78 is 0. The number of hydrogen-bond acceptors (Lipinski definition) is 4. The van der Waals surface area contributed by atoms with E-state index in [9.17, 15) is 19.8 Å². The zero-order chi connectivity index (χ0) is 19.9. The Morgan fingerprint density at radius 3 is 1.41 bits per heavy atom. The third-order valence-electron chi connectivity index (χ3n) is 4.37. The van der Waals surface area contributed by atoms with Gasteiger partial charge in [-0.1, -0.05) is 36.4 Å². The molecule has 2 aromatic carbocycles. The van der Waals surface area contributed by atoms with Crippen molar-refractivity contribution in [1.82, 2.24) is 9.97 Å². The topological polar surface area (TPSA) is 112 Å². The Hall–Kier alpha value is -2.92. The molecule has 6 nitrogen and oxygen atoms in total. The molecule has 2 heterocycles. The maximum atomic E-state index is 10.3. The van der Waals surface area contributed by atoms with E-state index in [0.29, 0.717) is 12.8 Å². The number of carbonyl (C=O) groups excluding carboxylic acids is 2. The van der Waals surface area contributed by atoms with E-state index in [2.05, 4.69) is 9.97 Å². The molecule has 0 spiro atoms. The molecule has 29 heavy (non-hydrogen) atoms. The quantitative estimate of drug-likeness (QED) is 0.443. The molecule has 0 saturated heterocycles. The summed E-state index contributed by atoms with van der Waals surface area (Å²) in [4.78, 5) is 26.8. The summed E-state index contributed by atoms with van der Waals surface area (Å²) in [6, 6.07) is 19.7. The SMILES string of the molecule is O=C([O-])CCc1cc2ccccc2[nH]1.O=C([O-])CCc1cc2ccccc2[nH]1.[Zn+2]. The Balaban J connectivity index is 0.000000200. The second kappa shape index (κ2) is 10.6. The van der Waals surface area contributed by atoms with Gasteiger partial charge in [-0.05, 0) is 60.7 Å². The fourth-order valence-corrected chi connectivity index (χ4v) is 3.01. The second-order valence-corrected chi connectivity index (χ2v) is 6.51.